The first-order valence-corrected chi connectivity index (χ1v) is 10.3. The van der Waals surface area contributed by atoms with Crippen LogP contribution in [0.25, 0.3) is 10.2 Å². The first kappa shape index (κ1) is 16.7. The molecule has 0 spiro atoms. The van der Waals surface area contributed by atoms with Crippen LogP contribution in [-0.4, -0.2) is 17.1 Å². The summed E-state index contributed by atoms with van der Waals surface area (Å²) < 4.78 is 5.41. The highest BCUT2D eigenvalue weighted by molar-refractivity contribution is 7.98. The van der Waals surface area contributed by atoms with Crippen molar-refractivity contribution < 1.29 is 4.74 Å². The van der Waals surface area contributed by atoms with Gasteiger partial charge in [-0.2, -0.15) is 0 Å². The van der Waals surface area contributed by atoms with Gasteiger partial charge in [-0.25, -0.2) is 9.97 Å². The van der Waals surface area contributed by atoms with Crippen molar-refractivity contribution in [3.05, 3.63) is 40.5 Å². The summed E-state index contributed by atoms with van der Waals surface area (Å²) in [5.41, 5.74) is 7.70. The summed E-state index contributed by atoms with van der Waals surface area (Å²) in [7, 11) is 1.69. The van der Waals surface area contributed by atoms with Crippen molar-refractivity contribution in [2.24, 2.45) is 5.92 Å². The Bertz CT molecular complexity index is 922. The summed E-state index contributed by atoms with van der Waals surface area (Å²) in [5.74, 6) is 3.72. The number of fused-ring (bicyclic) bond motifs is 3. The smallest absolute Gasteiger partial charge is 0.142 e. The maximum atomic E-state index is 6.31. The minimum Gasteiger partial charge on any atom is -0.496 e. The molecule has 1 aliphatic carbocycles. The highest BCUT2D eigenvalue weighted by Gasteiger charge is 2.23. The molecular weight excluding hydrogens is 350 g/mol. The number of para-hydroxylation sites is 1. The predicted molar refractivity (Wildman–Crippen MR) is 106 cm³/mol. The van der Waals surface area contributed by atoms with Gasteiger partial charge in [0, 0.05) is 9.77 Å². The molecule has 25 heavy (non-hydrogen) atoms. The molecule has 0 saturated heterocycles. The number of aromatic nitrogens is 2. The van der Waals surface area contributed by atoms with Gasteiger partial charge in [-0.3, -0.25) is 0 Å². The Balaban J connectivity index is 1.63. The molecule has 3 aromatic rings. The van der Waals surface area contributed by atoms with Crippen molar-refractivity contribution in [1.29, 1.82) is 0 Å². The van der Waals surface area contributed by atoms with Crippen LogP contribution >= 0.6 is 23.1 Å². The van der Waals surface area contributed by atoms with Gasteiger partial charge in [-0.1, -0.05) is 19.1 Å². The molecule has 1 aromatic carbocycles. The fourth-order valence-electron chi connectivity index (χ4n) is 3.36. The van der Waals surface area contributed by atoms with E-state index in [9.17, 15) is 0 Å². The number of rotatable bonds is 4. The molecule has 2 aromatic heterocycles. The molecule has 0 saturated carbocycles. The molecule has 2 heterocycles. The van der Waals surface area contributed by atoms with Crippen molar-refractivity contribution >= 4 is 39.1 Å². The van der Waals surface area contributed by atoms with Crippen LogP contribution in [-0.2, 0) is 18.6 Å². The average molecular weight is 372 g/mol. The Labute approximate surface area is 155 Å². The fraction of sp³-hybridized carbons (Fsp3) is 0.368. The molecule has 6 heteroatoms. The van der Waals surface area contributed by atoms with Gasteiger partial charge in [-0.15, -0.1) is 23.1 Å². The zero-order valence-electron chi connectivity index (χ0n) is 14.4. The summed E-state index contributed by atoms with van der Waals surface area (Å²) in [5, 5.41) is 1.10. The molecule has 1 unspecified atom stereocenters. The fourth-order valence-corrected chi connectivity index (χ4v) is 5.65. The van der Waals surface area contributed by atoms with Gasteiger partial charge >= 0.3 is 0 Å². The van der Waals surface area contributed by atoms with Crippen LogP contribution in [0.3, 0.4) is 0 Å². The lowest BCUT2D eigenvalue weighted by molar-refractivity contribution is 0.405. The maximum Gasteiger partial charge on any atom is 0.142 e. The summed E-state index contributed by atoms with van der Waals surface area (Å²) in [6.45, 7) is 2.32. The quantitative estimate of drug-likeness (QED) is 0.674. The lowest BCUT2D eigenvalue weighted by Crippen LogP contribution is -2.09. The minimum atomic E-state index is 0.632. The first-order chi connectivity index (χ1) is 12.2. The molecule has 0 amide bonds. The van der Waals surface area contributed by atoms with Gasteiger partial charge in [0.1, 0.15) is 22.2 Å². The van der Waals surface area contributed by atoms with Gasteiger partial charge in [0.15, 0.2) is 0 Å². The number of nitrogens with two attached hydrogens (primary N) is 1. The van der Waals surface area contributed by atoms with E-state index < -0.39 is 0 Å². The van der Waals surface area contributed by atoms with Gasteiger partial charge in [-0.05, 0) is 42.9 Å². The first-order valence-electron chi connectivity index (χ1n) is 8.48. The zero-order valence-corrected chi connectivity index (χ0v) is 16.0. The maximum absolute atomic E-state index is 6.31. The Morgan fingerprint density at radius 3 is 3.00 bits per heavy atom. The van der Waals surface area contributed by atoms with Crippen LogP contribution in [0.2, 0.25) is 0 Å². The molecule has 1 aliphatic rings. The molecule has 130 valence electrons. The van der Waals surface area contributed by atoms with Crippen LogP contribution in [0.15, 0.2) is 29.2 Å². The highest BCUT2D eigenvalue weighted by atomic mass is 32.2. The van der Waals surface area contributed by atoms with E-state index in [2.05, 4.69) is 18.0 Å². The number of anilines is 1. The summed E-state index contributed by atoms with van der Waals surface area (Å²) in [6.07, 6.45) is 3.46. The van der Waals surface area contributed by atoms with E-state index in [1.807, 2.05) is 18.2 Å². The second kappa shape index (κ2) is 6.84. The monoisotopic (exact) mass is 371 g/mol. The number of ether oxygens (including phenoxy) is 1. The van der Waals surface area contributed by atoms with E-state index in [4.69, 9.17) is 15.5 Å². The highest BCUT2D eigenvalue weighted by Crippen LogP contribution is 2.39. The van der Waals surface area contributed by atoms with E-state index in [0.717, 1.165) is 45.4 Å². The third kappa shape index (κ3) is 3.20. The molecule has 1 atom stereocenters. The third-order valence-corrected chi connectivity index (χ3v) is 6.85. The van der Waals surface area contributed by atoms with E-state index in [0.29, 0.717) is 11.6 Å². The van der Waals surface area contributed by atoms with Gasteiger partial charge in [0.05, 0.1) is 18.2 Å². The Hall–Kier alpha value is -1.79. The lowest BCUT2D eigenvalue weighted by atomic mass is 9.89. The van der Waals surface area contributed by atoms with Crippen LogP contribution in [0.4, 0.5) is 5.82 Å². The molecule has 0 bridgehead atoms. The number of methoxy groups -OCH3 is 1. The largest absolute Gasteiger partial charge is 0.496 e. The molecule has 0 fully saturated rings. The van der Waals surface area contributed by atoms with Gasteiger partial charge < -0.3 is 10.5 Å². The second-order valence-corrected chi connectivity index (χ2v) is 8.60. The van der Waals surface area contributed by atoms with Gasteiger partial charge in [0.2, 0.25) is 0 Å². The van der Waals surface area contributed by atoms with Crippen LogP contribution in [0, 0.1) is 5.92 Å². The number of aryl methyl sites for hydroxylation is 1. The van der Waals surface area contributed by atoms with Crippen LogP contribution < -0.4 is 10.5 Å². The number of thiophene rings is 1. The third-order valence-electron chi connectivity index (χ3n) is 4.66. The number of thioether (sulfide) groups is 1. The van der Waals surface area contributed by atoms with Crippen LogP contribution in [0.5, 0.6) is 5.75 Å². The molecule has 4 nitrogen and oxygen atoms in total. The predicted octanol–water partition coefficient (Wildman–Crippen LogP) is 4.70. The van der Waals surface area contributed by atoms with Gasteiger partial charge in [0.25, 0.3) is 0 Å². The standard InChI is InChI=1S/C19H21N3OS2/c1-11-7-8-12-15(9-11)25-19-17(12)18(20)21-16(22-19)10-24-14-6-4-3-5-13(14)23-2/h3-6,11H,7-10H2,1-2H3,(H2,20,21,22). The number of benzene rings is 1. The van der Waals surface area contributed by atoms with E-state index in [-0.39, 0.29) is 0 Å². The number of nitrogens with zero attached hydrogens (tertiary/aromatic N) is 2. The molecule has 4 rings (SSSR count). The van der Waals surface area contributed by atoms with Crippen LogP contribution in [0.1, 0.15) is 29.6 Å². The van der Waals surface area contributed by atoms with Crippen molar-refractivity contribution in [3.8, 4) is 5.75 Å². The lowest BCUT2D eigenvalue weighted by Gasteiger charge is -2.17. The summed E-state index contributed by atoms with van der Waals surface area (Å²) in [6, 6.07) is 8.00. The minimum absolute atomic E-state index is 0.632. The molecule has 2 N–H and O–H groups in total. The molecule has 0 radical (unpaired) electrons. The van der Waals surface area contributed by atoms with E-state index in [1.54, 1.807) is 30.2 Å². The number of hydrogen-bond acceptors (Lipinski definition) is 6. The second-order valence-electron chi connectivity index (χ2n) is 6.50. The molecular formula is C19H21N3OS2. The molecule has 0 aliphatic heterocycles. The Kier molecular flexibility index (Phi) is 4.56. The van der Waals surface area contributed by atoms with Crippen molar-refractivity contribution in [3.63, 3.8) is 0 Å². The SMILES string of the molecule is COc1ccccc1SCc1nc(N)c2c3c(sc2n1)CC(C)CC3. The summed E-state index contributed by atoms with van der Waals surface area (Å²) >= 11 is 3.47. The number of nitrogen functional groups attached to an aromatic ring is 1. The zero-order chi connectivity index (χ0) is 17.4. The van der Waals surface area contributed by atoms with E-state index in [1.165, 1.54) is 16.9 Å². The summed E-state index contributed by atoms with van der Waals surface area (Å²) in [4.78, 5) is 13.0. The Morgan fingerprint density at radius 2 is 2.16 bits per heavy atom. The average Bonchev–Trinajstić information content (AvgIpc) is 2.97. The topological polar surface area (TPSA) is 61.0 Å². The normalized spacial score (nSPS) is 16.8. The van der Waals surface area contributed by atoms with E-state index >= 15 is 0 Å². The van der Waals surface area contributed by atoms with Crippen molar-refractivity contribution in [2.75, 3.05) is 12.8 Å². The van der Waals surface area contributed by atoms with Crippen molar-refractivity contribution in [2.45, 2.75) is 36.8 Å². The Morgan fingerprint density at radius 1 is 1.32 bits per heavy atom. The number of hydrogen-bond donors (Lipinski definition) is 1. The van der Waals surface area contributed by atoms with Crippen molar-refractivity contribution in [1.82, 2.24) is 9.97 Å².